The van der Waals surface area contributed by atoms with Crippen LogP contribution in [0.15, 0.2) is 48.5 Å². The first-order valence-electron chi connectivity index (χ1n) is 8.14. The van der Waals surface area contributed by atoms with E-state index < -0.39 is 5.79 Å². The van der Waals surface area contributed by atoms with Crippen molar-refractivity contribution in [1.82, 2.24) is 0 Å². The summed E-state index contributed by atoms with van der Waals surface area (Å²) < 4.78 is 22.7. The van der Waals surface area contributed by atoms with Crippen LogP contribution in [0.1, 0.15) is 24.5 Å². The lowest BCUT2D eigenvalue weighted by Gasteiger charge is -2.31. The van der Waals surface area contributed by atoms with Gasteiger partial charge in [0.2, 0.25) is 5.79 Å². The summed E-state index contributed by atoms with van der Waals surface area (Å²) in [5, 5.41) is 0. The van der Waals surface area contributed by atoms with Crippen molar-refractivity contribution in [1.29, 1.82) is 0 Å². The Labute approximate surface area is 144 Å². The molecule has 4 heteroatoms. The van der Waals surface area contributed by atoms with E-state index in [1.807, 2.05) is 42.5 Å². The molecule has 0 heterocycles. The number of aryl methyl sites for hydroxylation is 1. The summed E-state index contributed by atoms with van der Waals surface area (Å²) in [5.74, 6) is 0.427. The van der Waals surface area contributed by atoms with Gasteiger partial charge in [-0.2, -0.15) is 0 Å². The second-order valence-electron chi connectivity index (χ2n) is 5.55. The second kappa shape index (κ2) is 8.71. The Morgan fingerprint density at radius 3 is 2.17 bits per heavy atom. The molecule has 2 aromatic rings. The van der Waals surface area contributed by atoms with Crippen LogP contribution in [0.25, 0.3) is 0 Å². The van der Waals surface area contributed by atoms with E-state index in [9.17, 15) is 0 Å². The summed E-state index contributed by atoms with van der Waals surface area (Å²) in [5.41, 5.74) is 2.13. The van der Waals surface area contributed by atoms with Crippen LogP contribution in [0.5, 0.6) is 11.5 Å². The van der Waals surface area contributed by atoms with E-state index in [0.29, 0.717) is 5.75 Å². The van der Waals surface area contributed by atoms with E-state index in [0.717, 1.165) is 24.2 Å². The Morgan fingerprint density at radius 2 is 1.58 bits per heavy atom. The third-order valence-corrected chi connectivity index (χ3v) is 4.06. The topological polar surface area (TPSA) is 36.9 Å². The molecule has 4 nitrogen and oxygen atoms in total. The molecule has 0 bridgehead atoms. The minimum atomic E-state index is -0.964. The zero-order chi connectivity index (χ0) is 17.4. The fourth-order valence-electron chi connectivity index (χ4n) is 2.66. The van der Waals surface area contributed by atoms with Crippen LogP contribution in [0.2, 0.25) is 0 Å². The van der Waals surface area contributed by atoms with Gasteiger partial charge in [0.15, 0.2) is 11.5 Å². The first-order chi connectivity index (χ1) is 11.7. The van der Waals surface area contributed by atoms with Crippen molar-refractivity contribution in [3.8, 4) is 11.5 Å². The van der Waals surface area contributed by atoms with Gasteiger partial charge < -0.3 is 18.9 Å². The fraction of sp³-hybridized carbons (Fsp3) is 0.400. The van der Waals surface area contributed by atoms with Crippen molar-refractivity contribution in [3.05, 3.63) is 59.7 Å². The van der Waals surface area contributed by atoms with Crippen molar-refractivity contribution in [3.63, 3.8) is 0 Å². The van der Waals surface area contributed by atoms with Gasteiger partial charge in [-0.1, -0.05) is 49.7 Å². The Bertz CT molecular complexity index is 621. The molecule has 0 fully saturated rings. The van der Waals surface area contributed by atoms with Crippen molar-refractivity contribution in [2.45, 2.75) is 25.6 Å². The first-order valence-corrected chi connectivity index (χ1v) is 8.14. The monoisotopic (exact) mass is 330 g/mol. The SMILES string of the molecule is CCCc1ccc(OCC(OC)(OC)c2ccccc2)c(OC)c1. The highest BCUT2D eigenvalue weighted by atomic mass is 16.7. The molecule has 0 aromatic heterocycles. The highest BCUT2D eigenvalue weighted by Crippen LogP contribution is 2.32. The molecule has 130 valence electrons. The van der Waals surface area contributed by atoms with Gasteiger partial charge in [-0.05, 0) is 24.1 Å². The molecule has 0 aliphatic heterocycles. The summed E-state index contributed by atoms with van der Waals surface area (Å²) in [6, 6.07) is 15.8. The standard InChI is InChI=1S/C20H26O4/c1-5-9-16-12-13-18(19(14-16)21-2)24-15-20(22-3,23-4)17-10-7-6-8-11-17/h6-8,10-14H,5,9,15H2,1-4H3. The Kier molecular flexibility index (Phi) is 6.64. The number of hydrogen-bond donors (Lipinski definition) is 0. The molecule has 0 N–H and O–H groups in total. The predicted molar refractivity (Wildman–Crippen MR) is 94.6 cm³/mol. The maximum Gasteiger partial charge on any atom is 0.229 e. The third-order valence-electron chi connectivity index (χ3n) is 4.06. The van der Waals surface area contributed by atoms with Crippen molar-refractivity contribution < 1.29 is 18.9 Å². The lowest BCUT2D eigenvalue weighted by atomic mass is 10.1. The lowest BCUT2D eigenvalue weighted by molar-refractivity contribution is -0.231. The number of rotatable bonds is 9. The zero-order valence-corrected chi connectivity index (χ0v) is 14.9. The van der Waals surface area contributed by atoms with Crippen molar-refractivity contribution in [2.75, 3.05) is 27.9 Å². The Hall–Kier alpha value is -2.04. The second-order valence-corrected chi connectivity index (χ2v) is 5.55. The molecule has 0 aliphatic carbocycles. The van der Waals surface area contributed by atoms with Gasteiger partial charge >= 0.3 is 0 Å². The zero-order valence-electron chi connectivity index (χ0n) is 14.9. The average molecular weight is 330 g/mol. The Balaban J connectivity index is 2.21. The quantitative estimate of drug-likeness (QED) is 0.647. The van der Waals surface area contributed by atoms with Gasteiger partial charge in [0.25, 0.3) is 0 Å². The molecular formula is C20H26O4. The molecule has 2 aromatic carbocycles. The van der Waals surface area contributed by atoms with Gasteiger partial charge in [0.05, 0.1) is 7.11 Å². The van der Waals surface area contributed by atoms with Crippen LogP contribution in [0.4, 0.5) is 0 Å². The molecule has 0 saturated carbocycles. The molecule has 0 aliphatic rings. The summed E-state index contributed by atoms with van der Waals surface area (Å²) in [4.78, 5) is 0. The molecular weight excluding hydrogens is 304 g/mol. The summed E-state index contributed by atoms with van der Waals surface area (Å²) >= 11 is 0. The van der Waals surface area contributed by atoms with Gasteiger partial charge in [-0.3, -0.25) is 0 Å². The molecule has 0 spiro atoms. The smallest absolute Gasteiger partial charge is 0.229 e. The average Bonchev–Trinajstić information content (AvgIpc) is 2.65. The van der Waals surface area contributed by atoms with Crippen LogP contribution in [-0.4, -0.2) is 27.9 Å². The molecule has 24 heavy (non-hydrogen) atoms. The summed E-state index contributed by atoms with van der Waals surface area (Å²) in [6.45, 7) is 2.37. The molecule has 0 atom stereocenters. The number of hydrogen-bond acceptors (Lipinski definition) is 4. The van der Waals surface area contributed by atoms with Crippen LogP contribution >= 0.6 is 0 Å². The highest BCUT2D eigenvalue weighted by Gasteiger charge is 2.33. The minimum Gasteiger partial charge on any atom is -0.493 e. The molecule has 0 amide bonds. The van der Waals surface area contributed by atoms with E-state index in [1.54, 1.807) is 21.3 Å². The molecule has 0 saturated heterocycles. The van der Waals surface area contributed by atoms with Crippen molar-refractivity contribution in [2.24, 2.45) is 0 Å². The number of methoxy groups -OCH3 is 3. The van der Waals surface area contributed by atoms with Crippen molar-refractivity contribution >= 4 is 0 Å². The highest BCUT2D eigenvalue weighted by molar-refractivity contribution is 5.43. The lowest BCUT2D eigenvalue weighted by Crippen LogP contribution is -2.37. The fourth-order valence-corrected chi connectivity index (χ4v) is 2.66. The van der Waals surface area contributed by atoms with E-state index in [2.05, 4.69) is 13.0 Å². The number of ether oxygens (including phenoxy) is 4. The van der Waals surface area contributed by atoms with Crippen LogP contribution in [0.3, 0.4) is 0 Å². The summed E-state index contributed by atoms with van der Waals surface area (Å²) in [7, 11) is 4.87. The largest absolute Gasteiger partial charge is 0.493 e. The van der Waals surface area contributed by atoms with E-state index >= 15 is 0 Å². The van der Waals surface area contributed by atoms with E-state index in [-0.39, 0.29) is 6.61 Å². The van der Waals surface area contributed by atoms with Crippen LogP contribution in [-0.2, 0) is 21.7 Å². The van der Waals surface area contributed by atoms with Gasteiger partial charge in [-0.15, -0.1) is 0 Å². The van der Waals surface area contributed by atoms with Crippen LogP contribution in [0, 0.1) is 0 Å². The Morgan fingerprint density at radius 1 is 0.875 bits per heavy atom. The molecule has 0 radical (unpaired) electrons. The maximum atomic E-state index is 5.99. The van der Waals surface area contributed by atoms with Gasteiger partial charge in [0.1, 0.15) is 6.61 Å². The molecule has 0 unspecified atom stereocenters. The van der Waals surface area contributed by atoms with E-state index in [1.165, 1.54) is 5.56 Å². The van der Waals surface area contributed by atoms with Gasteiger partial charge in [-0.25, -0.2) is 0 Å². The minimum absolute atomic E-state index is 0.216. The number of benzene rings is 2. The third kappa shape index (κ3) is 4.08. The van der Waals surface area contributed by atoms with E-state index in [4.69, 9.17) is 18.9 Å². The normalized spacial score (nSPS) is 11.3. The first kappa shape index (κ1) is 18.3. The van der Waals surface area contributed by atoms with Gasteiger partial charge in [0, 0.05) is 19.8 Å². The molecule has 2 rings (SSSR count). The predicted octanol–water partition coefficient (Wildman–Crippen LogP) is 4.17. The van der Waals surface area contributed by atoms with Crippen LogP contribution < -0.4 is 9.47 Å². The maximum absolute atomic E-state index is 5.99. The summed E-state index contributed by atoms with van der Waals surface area (Å²) in [6.07, 6.45) is 2.11.